The van der Waals surface area contributed by atoms with Crippen molar-refractivity contribution in [2.45, 2.75) is 52.6 Å². The van der Waals surface area contributed by atoms with E-state index in [4.69, 9.17) is 17.2 Å². The summed E-state index contributed by atoms with van der Waals surface area (Å²) < 4.78 is 0. The molecule has 58 heavy (non-hydrogen) atoms. The molecule has 0 radical (unpaired) electrons. The number of aryl methyl sites for hydroxylation is 2. The van der Waals surface area contributed by atoms with Crippen LogP contribution in [0.5, 0.6) is 0 Å². The van der Waals surface area contributed by atoms with Crippen LogP contribution in [0.25, 0.3) is 86.9 Å². The van der Waals surface area contributed by atoms with Crippen LogP contribution in [0, 0.1) is 0 Å². The summed E-state index contributed by atoms with van der Waals surface area (Å²) in [6.45, 7) is 8.84. The van der Waals surface area contributed by atoms with Crippen molar-refractivity contribution in [3.8, 4) is 22.3 Å². The van der Waals surface area contributed by atoms with E-state index < -0.39 is 17.7 Å². The molecule has 0 saturated heterocycles. The van der Waals surface area contributed by atoms with Gasteiger partial charge in [-0.1, -0.05) is 159 Å². The Hall–Kier alpha value is -4.31. The van der Waals surface area contributed by atoms with E-state index in [1.165, 1.54) is 111 Å². The summed E-state index contributed by atoms with van der Waals surface area (Å²) in [6.07, 6.45) is 4.67. The van der Waals surface area contributed by atoms with Crippen molar-refractivity contribution >= 4 is 87.3 Å². The van der Waals surface area contributed by atoms with Crippen molar-refractivity contribution in [3.05, 3.63) is 181 Å². The molecule has 0 heterocycles. The van der Waals surface area contributed by atoms with Crippen LogP contribution in [0.4, 0.5) is 0 Å². The number of halogens is 2. The second kappa shape index (κ2) is 18.3. The van der Waals surface area contributed by atoms with Gasteiger partial charge in [0.1, 0.15) is 0 Å². The van der Waals surface area contributed by atoms with Crippen molar-refractivity contribution < 1.29 is 17.7 Å². The fourth-order valence-electron chi connectivity index (χ4n) is 8.48. The summed E-state index contributed by atoms with van der Waals surface area (Å²) in [6, 6.07) is 62.6. The van der Waals surface area contributed by atoms with Gasteiger partial charge in [0.2, 0.25) is 0 Å². The third kappa shape index (κ3) is 8.41. The summed E-state index contributed by atoms with van der Waals surface area (Å²) in [5, 5.41) is 16.0. The Kier molecular flexibility index (Phi) is 12.8. The number of rotatable bonds is 6. The molecule has 4 heteroatoms. The van der Waals surface area contributed by atoms with Gasteiger partial charge in [-0.3, -0.25) is 0 Å². The predicted octanol–water partition coefficient (Wildman–Crippen LogP) is 17.1. The monoisotopic (exact) mass is 974 g/mol. The van der Waals surface area contributed by atoms with E-state index in [1.807, 2.05) is 0 Å². The first-order valence-electron chi connectivity index (χ1n) is 20.5. The zero-order chi connectivity index (χ0) is 40.2. The average Bonchev–Trinajstić information content (AvgIpc) is 3.87. The number of hydrogen-bond acceptors (Lipinski definition) is 0. The molecule has 0 spiro atoms. The quantitative estimate of drug-likeness (QED) is 0.0885. The Balaban J connectivity index is 0.000000142. The van der Waals surface area contributed by atoms with Gasteiger partial charge in [0, 0.05) is 0 Å². The molecule has 0 nitrogen and oxygen atoms in total. The van der Waals surface area contributed by atoms with E-state index in [2.05, 4.69) is 197 Å². The molecule has 0 amide bonds. The molecule has 288 valence electrons. The van der Waals surface area contributed by atoms with Crippen LogP contribution in [-0.4, -0.2) is 5.49 Å². The molecule has 0 atom stereocenters. The number of benzene rings is 8. The van der Waals surface area contributed by atoms with Gasteiger partial charge in [0.15, 0.2) is 0 Å². The van der Waals surface area contributed by atoms with Gasteiger partial charge in [-0.15, -0.1) is 69.1 Å². The topological polar surface area (TPSA) is 0 Å². The standard InChI is InChI=1S/2C26H21.C2H6Si.2ClH.Hf/c2*1-2-7-18-16-20-9-5-11-24(26(20)17-18)23-13-6-12-22-21-10-4-3-8-19(21)14-15-25(22)23;1-3-2;;;/h2*3-6,8-17H,2,7H2,1H3;1-2H3;2*1H;/q2*-1;;;;+2/p-2. The number of fused-ring (bicyclic) bond motifs is 8. The molecule has 0 bridgehead atoms. The van der Waals surface area contributed by atoms with Crippen molar-refractivity contribution in [1.29, 1.82) is 0 Å². The van der Waals surface area contributed by atoms with E-state index in [1.54, 1.807) is 0 Å². The molecule has 0 saturated carbocycles. The first-order chi connectivity index (χ1) is 28.3. The predicted molar refractivity (Wildman–Crippen MR) is 257 cm³/mol. The van der Waals surface area contributed by atoms with Gasteiger partial charge in [-0.05, 0) is 67.1 Å². The Bertz CT molecular complexity index is 2870. The molecule has 10 aromatic rings. The van der Waals surface area contributed by atoms with E-state index >= 15 is 0 Å². The van der Waals surface area contributed by atoms with Crippen LogP contribution in [0.15, 0.2) is 170 Å². The van der Waals surface area contributed by atoms with Gasteiger partial charge >= 0.3 is 53.4 Å². The van der Waals surface area contributed by atoms with Crippen LogP contribution in [-0.2, 0) is 30.5 Å². The maximum absolute atomic E-state index is 5.64. The maximum atomic E-state index is 5.64. The zero-order valence-electron chi connectivity index (χ0n) is 33.8. The molecule has 0 aliphatic carbocycles. The Morgan fingerprint density at radius 2 is 0.776 bits per heavy atom. The first-order valence-corrected chi connectivity index (χ1v) is 37.3. The van der Waals surface area contributed by atoms with Crippen LogP contribution in [0.2, 0.25) is 13.1 Å². The summed E-state index contributed by atoms with van der Waals surface area (Å²) in [7, 11) is 11.3. The van der Waals surface area contributed by atoms with Gasteiger partial charge in [0.25, 0.3) is 0 Å². The Morgan fingerprint density at radius 3 is 1.17 bits per heavy atom. The van der Waals surface area contributed by atoms with Crippen molar-refractivity contribution in [3.63, 3.8) is 0 Å². The van der Waals surface area contributed by atoms with E-state index in [0.29, 0.717) is 0 Å². The second-order valence-electron chi connectivity index (χ2n) is 15.5. The normalized spacial score (nSPS) is 11.2. The third-order valence-electron chi connectivity index (χ3n) is 11.2. The molecule has 0 unspecified atom stereocenters. The second-order valence-corrected chi connectivity index (χ2v) is 47.2. The minimum absolute atomic E-state index is 0.208. The van der Waals surface area contributed by atoms with Crippen LogP contribution in [0.3, 0.4) is 0 Å². The Morgan fingerprint density at radius 1 is 0.414 bits per heavy atom. The van der Waals surface area contributed by atoms with Crippen molar-refractivity contribution in [2.75, 3.05) is 0 Å². The molecule has 0 aromatic heterocycles. The molecule has 0 N–H and O–H groups in total. The van der Waals surface area contributed by atoms with Crippen LogP contribution in [0.1, 0.15) is 37.8 Å². The molecule has 0 aliphatic rings. The summed E-state index contributed by atoms with van der Waals surface area (Å²) in [5.41, 5.74) is 8.01. The van der Waals surface area contributed by atoms with E-state index in [0.717, 1.165) is 12.8 Å². The zero-order valence-corrected chi connectivity index (χ0v) is 39.9. The first kappa shape index (κ1) is 40.5. The molecule has 10 rings (SSSR count). The van der Waals surface area contributed by atoms with E-state index in [-0.39, 0.29) is 5.49 Å². The molecular formula is C54H48Cl2HfSi-2. The Labute approximate surface area is 358 Å². The molecular weight excluding hydrogens is 926 g/mol. The van der Waals surface area contributed by atoms with Crippen molar-refractivity contribution in [1.82, 2.24) is 0 Å². The molecule has 0 aliphatic heterocycles. The summed E-state index contributed by atoms with van der Waals surface area (Å²) >= 11 is -1.78. The van der Waals surface area contributed by atoms with Crippen LogP contribution >= 0.6 is 17.2 Å². The molecule has 10 aromatic carbocycles. The van der Waals surface area contributed by atoms with Crippen molar-refractivity contribution in [2.24, 2.45) is 0 Å². The number of hydrogen-bond donors (Lipinski definition) is 0. The fourth-order valence-corrected chi connectivity index (χ4v) is 8.48. The van der Waals surface area contributed by atoms with E-state index in [9.17, 15) is 0 Å². The van der Waals surface area contributed by atoms with Gasteiger partial charge < -0.3 is 0 Å². The minimum atomic E-state index is -1.78. The van der Waals surface area contributed by atoms with Crippen LogP contribution < -0.4 is 0 Å². The summed E-state index contributed by atoms with van der Waals surface area (Å²) in [5.74, 6) is 0. The summed E-state index contributed by atoms with van der Waals surface area (Å²) in [4.78, 5) is 0. The van der Waals surface area contributed by atoms with Gasteiger partial charge in [-0.25, -0.2) is 0 Å². The average molecular weight is 974 g/mol. The molecule has 0 fully saturated rings. The van der Waals surface area contributed by atoms with Gasteiger partial charge in [-0.2, -0.15) is 12.1 Å². The SMILES string of the molecule is CCCc1cc2c(-c3cccc4c3ccc3ccccc34)cccc2[cH-]1.CCCc1cc2c(-c3cccc4c3ccc3ccccc34)cccc2[cH-]1.C[Si](C)=[Hf]([Cl])[Cl]. The fraction of sp³-hybridized carbons (Fsp3) is 0.148. The van der Waals surface area contributed by atoms with Gasteiger partial charge in [0.05, 0.1) is 0 Å². The third-order valence-corrected chi connectivity index (χ3v) is 38.7.